The maximum absolute atomic E-state index is 13.1. The van der Waals surface area contributed by atoms with Gasteiger partial charge in [0.05, 0.1) is 5.51 Å². The summed E-state index contributed by atoms with van der Waals surface area (Å²) in [5.74, 6) is -0.193. The smallest absolute Gasteiger partial charge is 0.123 e. The molecule has 0 saturated heterocycles. The second kappa shape index (κ2) is 5.38. The molecule has 0 fully saturated rings. The molecule has 17 heavy (non-hydrogen) atoms. The number of nitrogens with zero attached hydrogens (tertiary/aromatic N) is 1. The lowest BCUT2D eigenvalue weighted by atomic mass is 10.1. The summed E-state index contributed by atoms with van der Waals surface area (Å²) in [5, 5.41) is 3.43. The average Bonchev–Trinajstić information content (AvgIpc) is 2.82. The summed E-state index contributed by atoms with van der Waals surface area (Å²) in [5.41, 5.74) is 2.78. The molecule has 1 N–H and O–H groups in total. The molecule has 0 spiro atoms. The van der Waals surface area contributed by atoms with Crippen molar-refractivity contribution in [3.8, 4) is 0 Å². The molecule has 0 aliphatic heterocycles. The van der Waals surface area contributed by atoms with Gasteiger partial charge in [0.2, 0.25) is 0 Å². The van der Waals surface area contributed by atoms with Gasteiger partial charge in [-0.25, -0.2) is 4.39 Å². The highest BCUT2D eigenvalue weighted by Crippen LogP contribution is 2.21. The van der Waals surface area contributed by atoms with Gasteiger partial charge < -0.3 is 5.32 Å². The van der Waals surface area contributed by atoms with E-state index >= 15 is 0 Å². The summed E-state index contributed by atoms with van der Waals surface area (Å²) in [6, 6.07) is 7.03. The van der Waals surface area contributed by atoms with E-state index in [-0.39, 0.29) is 17.9 Å². The van der Waals surface area contributed by atoms with Gasteiger partial charge >= 0.3 is 0 Å². The van der Waals surface area contributed by atoms with Crippen LogP contribution >= 0.6 is 11.3 Å². The van der Waals surface area contributed by atoms with Crippen LogP contribution in [0.1, 0.15) is 36.4 Å². The van der Waals surface area contributed by atoms with E-state index in [0.29, 0.717) is 0 Å². The Bertz CT molecular complexity index is 470. The first-order chi connectivity index (χ1) is 8.16. The molecule has 2 atom stereocenters. The van der Waals surface area contributed by atoms with Crippen LogP contribution < -0.4 is 5.32 Å². The van der Waals surface area contributed by atoms with Crippen LogP contribution in [-0.2, 0) is 0 Å². The summed E-state index contributed by atoms with van der Waals surface area (Å²) in [4.78, 5) is 5.24. The number of nitrogens with one attached hydrogen (secondary N) is 1. The maximum atomic E-state index is 13.1. The van der Waals surface area contributed by atoms with E-state index in [1.54, 1.807) is 23.5 Å². The van der Waals surface area contributed by atoms with E-state index in [2.05, 4.69) is 17.2 Å². The van der Waals surface area contributed by atoms with Gasteiger partial charge in [-0.3, -0.25) is 4.98 Å². The number of thiazole rings is 1. The Balaban J connectivity index is 2.04. The van der Waals surface area contributed by atoms with Crippen molar-refractivity contribution in [2.45, 2.75) is 25.9 Å². The zero-order valence-corrected chi connectivity index (χ0v) is 10.7. The third-order valence-electron chi connectivity index (χ3n) is 2.73. The Morgan fingerprint density at radius 2 is 2.12 bits per heavy atom. The molecule has 4 heteroatoms. The van der Waals surface area contributed by atoms with Gasteiger partial charge in [0.15, 0.2) is 0 Å². The fourth-order valence-corrected chi connectivity index (χ4v) is 2.41. The molecular weight excluding hydrogens is 235 g/mol. The summed E-state index contributed by atoms with van der Waals surface area (Å²) in [7, 11) is 0. The first-order valence-electron chi connectivity index (χ1n) is 5.56. The first kappa shape index (κ1) is 12.2. The van der Waals surface area contributed by atoms with Crippen molar-refractivity contribution in [2.75, 3.05) is 0 Å². The van der Waals surface area contributed by atoms with Crippen molar-refractivity contribution in [1.29, 1.82) is 0 Å². The Morgan fingerprint density at radius 1 is 1.29 bits per heavy atom. The van der Waals surface area contributed by atoms with Crippen LogP contribution in [-0.4, -0.2) is 4.98 Å². The third-order valence-corrected chi connectivity index (χ3v) is 3.69. The molecule has 0 radical (unpaired) electrons. The minimum Gasteiger partial charge on any atom is -0.303 e. The van der Waals surface area contributed by atoms with E-state index in [1.807, 2.05) is 24.7 Å². The van der Waals surface area contributed by atoms with Crippen LogP contribution in [0.4, 0.5) is 4.39 Å². The SMILES string of the molecule is CC(N[C@@H](C)c1cccc(F)c1)c1cncs1. The molecule has 2 aromatic rings. The Hall–Kier alpha value is -1.26. The Kier molecular flexibility index (Phi) is 3.86. The lowest BCUT2D eigenvalue weighted by Gasteiger charge is -2.19. The van der Waals surface area contributed by atoms with Crippen LogP contribution in [0, 0.1) is 5.82 Å². The van der Waals surface area contributed by atoms with Gasteiger partial charge in [-0.05, 0) is 31.5 Å². The average molecular weight is 250 g/mol. The van der Waals surface area contributed by atoms with Crippen LogP contribution in [0.15, 0.2) is 36.0 Å². The second-order valence-electron chi connectivity index (χ2n) is 4.07. The molecule has 0 aliphatic carbocycles. The van der Waals surface area contributed by atoms with Crippen molar-refractivity contribution in [3.63, 3.8) is 0 Å². The minimum absolute atomic E-state index is 0.114. The van der Waals surface area contributed by atoms with Crippen molar-refractivity contribution in [1.82, 2.24) is 10.3 Å². The standard InChI is InChI=1S/C13H15FN2S/c1-9(11-4-3-5-12(14)6-11)16-10(2)13-7-15-8-17-13/h3-10,16H,1-2H3/t9-,10?/m0/s1. The van der Waals surface area contributed by atoms with Gasteiger partial charge in [-0.2, -0.15) is 0 Å². The molecule has 2 nitrogen and oxygen atoms in total. The fourth-order valence-electron chi connectivity index (χ4n) is 1.77. The van der Waals surface area contributed by atoms with Gasteiger partial charge in [-0.15, -0.1) is 11.3 Å². The van der Waals surface area contributed by atoms with Crippen LogP contribution in [0.2, 0.25) is 0 Å². The highest BCUT2D eigenvalue weighted by atomic mass is 32.1. The topological polar surface area (TPSA) is 24.9 Å². The monoisotopic (exact) mass is 250 g/mol. The quantitative estimate of drug-likeness (QED) is 0.895. The number of hydrogen-bond acceptors (Lipinski definition) is 3. The predicted molar refractivity (Wildman–Crippen MR) is 68.5 cm³/mol. The highest BCUT2D eigenvalue weighted by molar-refractivity contribution is 7.09. The molecular formula is C13H15FN2S. The third kappa shape index (κ3) is 3.11. The van der Waals surface area contributed by atoms with Gasteiger partial charge in [0.1, 0.15) is 5.82 Å². The van der Waals surface area contributed by atoms with Crippen molar-refractivity contribution in [2.24, 2.45) is 0 Å². The Morgan fingerprint density at radius 3 is 2.76 bits per heavy atom. The van der Waals surface area contributed by atoms with Gasteiger partial charge in [-0.1, -0.05) is 12.1 Å². The predicted octanol–water partition coefficient (Wildman–Crippen LogP) is 3.69. The minimum atomic E-state index is -0.193. The number of hydrogen-bond donors (Lipinski definition) is 1. The fraction of sp³-hybridized carbons (Fsp3) is 0.308. The first-order valence-corrected chi connectivity index (χ1v) is 6.44. The van der Waals surface area contributed by atoms with Crippen molar-refractivity contribution < 1.29 is 4.39 Å². The van der Waals surface area contributed by atoms with Crippen LogP contribution in [0.3, 0.4) is 0 Å². The summed E-state index contributed by atoms with van der Waals surface area (Å²) >= 11 is 1.62. The van der Waals surface area contributed by atoms with E-state index in [0.717, 1.165) is 5.56 Å². The second-order valence-corrected chi connectivity index (χ2v) is 4.99. The maximum Gasteiger partial charge on any atom is 0.123 e. The molecule has 90 valence electrons. The van der Waals surface area contributed by atoms with Crippen LogP contribution in [0.5, 0.6) is 0 Å². The molecule has 1 unspecified atom stereocenters. The number of rotatable bonds is 4. The molecule has 1 heterocycles. The zero-order valence-electron chi connectivity index (χ0n) is 9.85. The normalized spacial score (nSPS) is 14.5. The van der Waals surface area contributed by atoms with Crippen molar-refractivity contribution >= 4 is 11.3 Å². The largest absolute Gasteiger partial charge is 0.303 e. The zero-order chi connectivity index (χ0) is 12.3. The molecule has 0 amide bonds. The summed E-state index contributed by atoms with van der Waals surface area (Å²) in [6.45, 7) is 4.12. The Labute approximate surface area is 105 Å². The van der Waals surface area contributed by atoms with E-state index < -0.39 is 0 Å². The van der Waals surface area contributed by atoms with Crippen LogP contribution in [0.25, 0.3) is 0 Å². The molecule has 1 aromatic heterocycles. The van der Waals surface area contributed by atoms with Gasteiger partial charge in [0, 0.05) is 23.2 Å². The number of aromatic nitrogens is 1. The van der Waals surface area contributed by atoms with Crippen molar-refractivity contribution in [3.05, 3.63) is 52.2 Å². The molecule has 0 bridgehead atoms. The van der Waals surface area contributed by atoms with E-state index in [9.17, 15) is 4.39 Å². The van der Waals surface area contributed by atoms with E-state index in [1.165, 1.54) is 10.9 Å². The van der Waals surface area contributed by atoms with E-state index in [4.69, 9.17) is 0 Å². The van der Waals surface area contributed by atoms with Gasteiger partial charge in [0.25, 0.3) is 0 Å². The molecule has 0 aliphatic rings. The lowest BCUT2D eigenvalue weighted by molar-refractivity contribution is 0.496. The molecule has 1 aromatic carbocycles. The molecule has 2 rings (SSSR count). The lowest BCUT2D eigenvalue weighted by Crippen LogP contribution is -2.21. The summed E-state index contributed by atoms with van der Waals surface area (Å²) in [6.07, 6.45) is 1.86. The molecule has 0 saturated carbocycles. The highest BCUT2D eigenvalue weighted by Gasteiger charge is 2.12. The number of benzene rings is 1. The summed E-state index contributed by atoms with van der Waals surface area (Å²) < 4.78 is 13.1. The number of halogens is 1.